The van der Waals surface area contributed by atoms with Crippen LogP contribution in [0.15, 0.2) is 18.2 Å². The maximum Gasteiger partial charge on any atom is 0.441 e. The molecule has 23 heavy (non-hydrogen) atoms. The minimum Gasteiger partial charge on any atom is -0.482 e. The van der Waals surface area contributed by atoms with Gasteiger partial charge < -0.3 is 20.3 Å². The zero-order valence-corrected chi connectivity index (χ0v) is 12.9. The molecule has 2 N–H and O–H groups in total. The number of rotatable bonds is 4. The second-order valence-electron chi connectivity index (χ2n) is 4.60. The van der Waals surface area contributed by atoms with E-state index in [0.29, 0.717) is 17.1 Å². The van der Waals surface area contributed by atoms with Gasteiger partial charge in [0.25, 0.3) is 5.91 Å². The van der Waals surface area contributed by atoms with Crippen molar-refractivity contribution in [3.8, 4) is 5.75 Å². The molecule has 0 radical (unpaired) electrons. The van der Waals surface area contributed by atoms with E-state index in [2.05, 4.69) is 10.6 Å². The van der Waals surface area contributed by atoms with Gasteiger partial charge in [-0.25, -0.2) is 4.79 Å². The monoisotopic (exact) mass is 349 g/mol. The van der Waals surface area contributed by atoms with Crippen LogP contribution in [0.3, 0.4) is 0 Å². The van der Waals surface area contributed by atoms with Crippen molar-refractivity contribution in [3.63, 3.8) is 0 Å². The Kier molecular flexibility index (Phi) is 5.24. The summed E-state index contributed by atoms with van der Waals surface area (Å²) >= 11 is -0.202. The quantitative estimate of drug-likeness (QED) is 0.819. The number of alkyl halides is 3. The zero-order valence-electron chi connectivity index (χ0n) is 12.1. The molecule has 1 aliphatic heterocycles. The molecular formula is C13H14F3N3O3S. The van der Waals surface area contributed by atoms with E-state index in [1.165, 1.54) is 4.90 Å². The number of nitrogens with one attached hydrogen (secondary N) is 2. The number of nitrogens with zero attached hydrogens (tertiary/aromatic N) is 1. The molecule has 2 rings (SSSR count). The van der Waals surface area contributed by atoms with Crippen LogP contribution in [0.4, 0.5) is 29.3 Å². The molecule has 10 heteroatoms. The van der Waals surface area contributed by atoms with Gasteiger partial charge >= 0.3 is 11.5 Å². The highest BCUT2D eigenvalue weighted by molar-refractivity contribution is 8.00. The summed E-state index contributed by atoms with van der Waals surface area (Å²) in [5.74, 6) is 0.0227. The number of thioether (sulfide) groups is 1. The zero-order chi connectivity index (χ0) is 17.0. The van der Waals surface area contributed by atoms with Crippen molar-refractivity contribution in [1.82, 2.24) is 5.32 Å². The van der Waals surface area contributed by atoms with Crippen molar-refractivity contribution in [2.24, 2.45) is 0 Å². The van der Waals surface area contributed by atoms with Crippen LogP contribution < -0.4 is 20.3 Å². The van der Waals surface area contributed by atoms with Crippen LogP contribution in [0.25, 0.3) is 0 Å². The van der Waals surface area contributed by atoms with Crippen LogP contribution in [-0.2, 0) is 4.79 Å². The maximum atomic E-state index is 11.9. The summed E-state index contributed by atoms with van der Waals surface area (Å²) in [5, 5.41) is 4.81. The minimum atomic E-state index is -4.31. The van der Waals surface area contributed by atoms with E-state index >= 15 is 0 Å². The number of urea groups is 1. The van der Waals surface area contributed by atoms with Crippen molar-refractivity contribution < 1.29 is 27.5 Å². The van der Waals surface area contributed by atoms with E-state index in [-0.39, 0.29) is 36.6 Å². The lowest BCUT2D eigenvalue weighted by Crippen LogP contribution is -2.35. The third-order valence-electron chi connectivity index (χ3n) is 2.96. The number of fused-ring (bicyclic) bond motifs is 1. The lowest BCUT2D eigenvalue weighted by Gasteiger charge is -2.26. The van der Waals surface area contributed by atoms with Gasteiger partial charge in [0.2, 0.25) is 0 Å². The molecule has 126 valence electrons. The van der Waals surface area contributed by atoms with Gasteiger partial charge in [0.05, 0.1) is 5.69 Å². The van der Waals surface area contributed by atoms with Crippen LogP contribution in [0.2, 0.25) is 0 Å². The number of hydrogen-bond acceptors (Lipinski definition) is 4. The minimum absolute atomic E-state index is 0.0480. The van der Waals surface area contributed by atoms with Crippen LogP contribution in [0.1, 0.15) is 0 Å². The van der Waals surface area contributed by atoms with Crippen LogP contribution in [0, 0.1) is 0 Å². The first-order valence-corrected chi connectivity index (χ1v) is 7.54. The Morgan fingerprint density at radius 1 is 1.43 bits per heavy atom. The summed E-state index contributed by atoms with van der Waals surface area (Å²) in [7, 11) is 1.59. The first-order chi connectivity index (χ1) is 10.8. The van der Waals surface area contributed by atoms with E-state index in [1.54, 1.807) is 25.2 Å². The Bertz CT molecular complexity index is 610. The molecule has 0 aromatic heterocycles. The average Bonchev–Trinajstić information content (AvgIpc) is 2.47. The fourth-order valence-electron chi connectivity index (χ4n) is 1.86. The van der Waals surface area contributed by atoms with E-state index < -0.39 is 11.5 Å². The van der Waals surface area contributed by atoms with Crippen molar-refractivity contribution in [3.05, 3.63) is 18.2 Å². The van der Waals surface area contributed by atoms with Crippen molar-refractivity contribution in [2.75, 3.05) is 36.2 Å². The molecule has 0 spiro atoms. The van der Waals surface area contributed by atoms with Gasteiger partial charge in [-0.05, 0) is 30.0 Å². The Morgan fingerprint density at radius 3 is 2.87 bits per heavy atom. The largest absolute Gasteiger partial charge is 0.482 e. The molecular weight excluding hydrogens is 335 g/mol. The van der Waals surface area contributed by atoms with E-state index in [0.717, 1.165) is 0 Å². The smallest absolute Gasteiger partial charge is 0.441 e. The summed E-state index contributed by atoms with van der Waals surface area (Å²) in [6.45, 7) is -0.171. The normalized spacial score (nSPS) is 14.1. The fourth-order valence-corrected chi connectivity index (χ4v) is 2.29. The van der Waals surface area contributed by atoms with Gasteiger partial charge in [-0.2, -0.15) is 13.2 Å². The second-order valence-corrected chi connectivity index (χ2v) is 5.76. The summed E-state index contributed by atoms with van der Waals surface area (Å²) in [6.07, 6.45) is 0. The molecule has 3 amide bonds. The van der Waals surface area contributed by atoms with Crippen LogP contribution >= 0.6 is 11.8 Å². The Hall–Kier alpha value is -2.10. The average molecular weight is 349 g/mol. The van der Waals surface area contributed by atoms with Crippen LogP contribution in [-0.4, -0.2) is 43.4 Å². The van der Waals surface area contributed by atoms with Crippen molar-refractivity contribution in [1.29, 1.82) is 0 Å². The Morgan fingerprint density at radius 2 is 2.17 bits per heavy atom. The van der Waals surface area contributed by atoms with Gasteiger partial charge in [-0.1, -0.05) is 0 Å². The van der Waals surface area contributed by atoms with E-state index in [4.69, 9.17) is 4.74 Å². The third-order valence-corrected chi connectivity index (χ3v) is 3.69. The number of carbonyl (C=O) groups is 2. The van der Waals surface area contributed by atoms with Gasteiger partial charge in [0.1, 0.15) is 5.75 Å². The second kappa shape index (κ2) is 6.99. The van der Waals surface area contributed by atoms with Crippen molar-refractivity contribution >= 4 is 35.1 Å². The fraction of sp³-hybridized carbons (Fsp3) is 0.385. The molecule has 0 saturated carbocycles. The molecule has 0 saturated heterocycles. The number of ether oxygens (including phenoxy) is 1. The molecule has 1 heterocycles. The highest BCUT2D eigenvalue weighted by Gasteiger charge is 2.27. The lowest BCUT2D eigenvalue weighted by atomic mass is 10.2. The number of amides is 3. The number of benzene rings is 1. The van der Waals surface area contributed by atoms with E-state index in [1.807, 2.05) is 0 Å². The van der Waals surface area contributed by atoms with Gasteiger partial charge in [0.15, 0.2) is 6.61 Å². The Labute approximate surface area is 134 Å². The SMILES string of the molecule is CN1C(=O)COc2ccc(NC(=O)NCCSC(F)(F)F)cc21. The third kappa shape index (κ3) is 4.95. The number of carbonyl (C=O) groups excluding carboxylic acids is 2. The molecule has 0 fully saturated rings. The lowest BCUT2D eigenvalue weighted by molar-refractivity contribution is -0.120. The standard InChI is InChI=1S/C13H14F3N3O3S/c1-19-9-6-8(2-3-10(9)22-7-11(19)20)18-12(21)17-4-5-23-13(14,15)16/h2-3,6H,4-5,7H2,1H3,(H2,17,18,21). The number of anilines is 2. The number of likely N-dealkylation sites (N-methyl/N-ethyl adjacent to an activating group) is 1. The van der Waals surface area contributed by atoms with Crippen molar-refractivity contribution in [2.45, 2.75) is 5.51 Å². The number of hydrogen-bond donors (Lipinski definition) is 2. The van der Waals surface area contributed by atoms with E-state index in [9.17, 15) is 22.8 Å². The molecule has 1 aliphatic rings. The first-order valence-electron chi connectivity index (χ1n) is 6.55. The topological polar surface area (TPSA) is 70.7 Å². The van der Waals surface area contributed by atoms with Gasteiger partial charge in [-0.15, -0.1) is 0 Å². The maximum absolute atomic E-state index is 11.9. The molecule has 0 unspecified atom stereocenters. The first kappa shape index (κ1) is 17.3. The Balaban J connectivity index is 1.88. The molecule has 1 aromatic rings. The molecule has 0 bridgehead atoms. The highest BCUT2D eigenvalue weighted by Crippen LogP contribution is 2.33. The summed E-state index contributed by atoms with van der Waals surface area (Å²) in [4.78, 5) is 24.6. The predicted molar refractivity (Wildman–Crippen MR) is 80.9 cm³/mol. The number of halogens is 3. The van der Waals surface area contributed by atoms with Gasteiger partial charge in [-0.3, -0.25) is 4.79 Å². The molecule has 1 aromatic carbocycles. The van der Waals surface area contributed by atoms with Crippen LogP contribution in [0.5, 0.6) is 5.75 Å². The molecule has 0 atom stereocenters. The predicted octanol–water partition coefficient (Wildman–Crippen LogP) is 2.42. The van der Waals surface area contributed by atoms with Gasteiger partial charge in [0, 0.05) is 25.0 Å². The summed E-state index contributed by atoms with van der Waals surface area (Å²) < 4.78 is 41.1. The molecule has 6 nitrogen and oxygen atoms in total. The summed E-state index contributed by atoms with van der Waals surface area (Å²) in [5.41, 5.74) is -3.41. The highest BCUT2D eigenvalue weighted by atomic mass is 32.2. The summed E-state index contributed by atoms with van der Waals surface area (Å²) in [6, 6.07) is 4.11. The molecule has 0 aliphatic carbocycles.